The van der Waals surface area contributed by atoms with Crippen molar-refractivity contribution in [1.82, 2.24) is 5.32 Å². The maximum atomic E-state index is 12.8. The molecule has 138 valence electrons. The number of methoxy groups -OCH3 is 1. The minimum atomic E-state index is -0.131. The predicted molar refractivity (Wildman–Crippen MR) is 103 cm³/mol. The van der Waals surface area contributed by atoms with Crippen molar-refractivity contribution in [1.29, 1.82) is 0 Å². The molecule has 3 atom stereocenters. The van der Waals surface area contributed by atoms with E-state index in [9.17, 15) is 4.79 Å². The second-order valence-corrected chi connectivity index (χ2v) is 7.21. The van der Waals surface area contributed by atoms with Gasteiger partial charge in [0.15, 0.2) is 6.04 Å². The van der Waals surface area contributed by atoms with Crippen LogP contribution in [0, 0.1) is 0 Å². The Morgan fingerprint density at radius 3 is 2.77 bits per heavy atom. The number of quaternary nitrogens is 1. The number of ether oxygens (including phenoxy) is 1. The highest BCUT2D eigenvalue weighted by atomic mass is 16.5. The molecule has 1 aliphatic carbocycles. The summed E-state index contributed by atoms with van der Waals surface area (Å²) in [6, 6.07) is 16.5. The van der Waals surface area contributed by atoms with Gasteiger partial charge >= 0.3 is 0 Å². The van der Waals surface area contributed by atoms with Crippen LogP contribution in [0.4, 0.5) is 0 Å². The number of benzene rings is 2. The van der Waals surface area contributed by atoms with Gasteiger partial charge in [0.1, 0.15) is 12.3 Å². The third-order valence-corrected chi connectivity index (χ3v) is 5.48. The van der Waals surface area contributed by atoms with E-state index in [4.69, 9.17) is 4.74 Å². The summed E-state index contributed by atoms with van der Waals surface area (Å²) in [6.45, 7) is 2.74. The zero-order valence-corrected chi connectivity index (χ0v) is 15.9. The van der Waals surface area contributed by atoms with Crippen molar-refractivity contribution in [3.63, 3.8) is 0 Å². The smallest absolute Gasteiger partial charge is 0.278 e. The van der Waals surface area contributed by atoms with Crippen molar-refractivity contribution in [2.75, 3.05) is 14.2 Å². The van der Waals surface area contributed by atoms with Gasteiger partial charge in [0, 0.05) is 5.56 Å². The molecule has 2 N–H and O–H groups in total. The van der Waals surface area contributed by atoms with Crippen molar-refractivity contribution < 1.29 is 14.4 Å². The Hall–Kier alpha value is -2.33. The maximum Gasteiger partial charge on any atom is 0.278 e. The summed E-state index contributed by atoms with van der Waals surface area (Å²) < 4.78 is 5.43. The van der Waals surface area contributed by atoms with E-state index in [0.29, 0.717) is 0 Å². The van der Waals surface area contributed by atoms with E-state index in [-0.39, 0.29) is 18.0 Å². The molecule has 1 amide bonds. The van der Waals surface area contributed by atoms with Crippen LogP contribution in [-0.2, 0) is 17.8 Å². The summed E-state index contributed by atoms with van der Waals surface area (Å²) in [5.41, 5.74) is 3.77. The van der Waals surface area contributed by atoms with E-state index in [1.54, 1.807) is 7.11 Å². The Morgan fingerprint density at radius 1 is 1.23 bits per heavy atom. The SMILES string of the molecule is COc1ccccc1C[NH+](C)[C@@H](C)C(=O)N[C@@H]1CCCc2ccccc21. The minimum absolute atomic E-state index is 0.110. The van der Waals surface area contributed by atoms with E-state index >= 15 is 0 Å². The van der Waals surface area contributed by atoms with Crippen molar-refractivity contribution >= 4 is 5.91 Å². The monoisotopic (exact) mass is 353 g/mol. The van der Waals surface area contributed by atoms with Crippen LogP contribution in [0.1, 0.15) is 42.5 Å². The van der Waals surface area contributed by atoms with Crippen LogP contribution in [-0.4, -0.2) is 26.1 Å². The molecule has 0 spiro atoms. The highest BCUT2D eigenvalue weighted by Crippen LogP contribution is 2.29. The average molecular weight is 353 g/mol. The van der Waals surface area contributed by atoms with E-state index in [1.165, 1.54) is 11.1 Å². The topological polar surface area (TPSA) is 42.8 Å². The largest absolute Gasteiger partial charge is 0.496 e. The van der Waals surface area contributed by atoms with Gasteiger partial charge in [0.2, 0.25) is 0 Å². The second-order valence-electron chi connectivity index (χ2n) is 7.21. The number of para-hydroxylation sites is 1. The standard InChI is InChI=1S/C22H28N2O2/c1-16(24(2)15-18-10-5-7-14-21(18)26-3)22(25)23-20-13-8-11-17-9-4-6-12-19(17)20/h4-7,9-10,12,14,16,20H,8,11,13,15H2,1-3H3,(H,23,25)/p+1/t16-,20+/m0/s1. The molecule has 4 nitrogen and oxygen atoms in total. The number of likely N-dealkylation sites (N-methyl/N-ethyl adjacent to an activating group) is 1. The van der Waals surface area contributed by atoms with Gasteiger partial charge in [0.25, 0.3) is 5.91 Å². The maximum absolute atomic E-state index is 12.8. The number of aryl methyl sites for hydroxylation is 1. The molecule has 1 aliphatic rings. The van der Waals surface area contributed by atoms with Crippen LogP contribution in [0.5, 0.6) is 5.75 Å². The summed E-state index contributed by atoms with van der Waals surface area (Å²) in [7, 11) is 3.75. The molecule has 2 aromatic carbocycles. The van der Waals surface area contributed by atoms with Crippen molar-refractivity contribution in [2.45, 2.75) is 44.8 Å². The lowest BCUT2D eigenvalue weighted by molar-refractivity contribution is -0.908. The molecule has 1 unspecified atom stereocenters. The molecule has 0 saturated heterocycles. The summed E-state index contributed by atoms with van der Waals surface area (Å²) >= 11 is 0. The molecule has 0 aliphatic heterocycles. The lowest BCUT2D eigenvalue weighted by Crippen LogP contribution is -3.12. The number of amides is 1. The lowest BCUT2D eigenvalue weighted by Gasteiger charge is -2.29. The molecular formula is C22H29N2O2+. The highest BCUT2D eigenvalue weighted by molar-refractivity contribution is 5.80. The third kappa shape index (κ3) is 4.07. The first-order chi connectivity index (χ1) is 12.6. The molecule has 0 aromatic heterocycles. The normalized spacial score (nSPS) is 18.5. The Kier molecular flexibility index (Phi) is 5.94. The lowest BCUT2D eigenvalue weighted by atomic mass is 9.87. The van der Waals surface area contributed by atoms with Gasteiger partial charge in [0.05, 0.1) is 20.2 Å². The number of carbonyl (C=O) groups is 1. The van der Waals surface area contributed by atoms with Gasteiger partial charge in [-0.3, -0.25) is 4.79 Å². The zero-order valence-electron chi connectivity index (χ0n) is 15.9. The first kappa shape index (κ1) is 18.5. The average Bonchev–Trinajstić information content (AvgIpc) is 2.68. The Morgan fingerprint density at radius 2 is 1.96 bits per heavy atom. The van der Waals surface area contributed by atoms with Gasteiger partial charge in [-0.25, -0.2) is 0 Å². The molecule has 0 radical (unpaired) electrons. The number of fused-ring (bicyclic) bond motifs is 1. The summed E-state index contributed by atoms with van der Waals surface area (Å²) in [5.74, 6) is 0.986. The predicted octanol–water partition coefficient (Wildman–Crippen LogP) is 2.29. The molecule has 0 fully saturated rings. The van der Waals surface area contributed by atoms with Crippen molar-refractivity contribution in [3.8, 4) is 5.75 Å². The van der Waals surface area contributed by atoms with Crippen LogP contribution < -0.4 is 15.0 Å². The van der Waals surface area contributed by atoms with E-state index in [0.717, 1.165) is 42.0 Å². The number of rotatable bonds is 6. The molecular weight excluding hydrogens is 324 g/mol. The number of carbonyl (C=O) groups excluding carboxylic acids is 1. The molecule has 3 rings (SSSR count). The first-order valence-electron chi connectivity index (χ1n) is 9.42. The van der Waals surface area contributed by atoms with Crippen LogP contribution in [0.15, 0.2) is 48.5 Å². The quantitative estimate of drug-likeness (QED) is 0.837. The zero-order chi connectivity index (χ0) is 18.5. The van der Waals surface area contributed by atoms with Crippen molar-refractivity contribution in [2.24, 2.45) is 0 Å². The van der Waals surface area contributed by atoms with Crippen LogP contribution in [0.25, 0.3) is 0 Å². The highest BCUT2D eigenvalue weighted by Gasteiger charge is 2.27. The number of nitrogens with one attached hydrogen (secondary N) is 2. The fourth-order valence-corrected chi connectivity index (χ4v) is 3.73. The van der Waals surface area contributed by atoms with Crippen LogP contribution in [0.2, 0.25) is 0 Å². The van der Waals surface area contributed by atoms with E-state index in [1.807, 2.05) is 25.1 Å². The van der Waals surface area contributed by atoms with Crippen LogP contribution in [0.3, 0.4) is 0 Å². The minimum Gasteiger partial charge on any atom is -0.496 e. The van der Waals surface area contributed by atoms with Gasteiger partial charge in [-0.1, -0.05) is 36.4 Å². The second kappa shape index (κ2) is 8.37. The van der Waals surface area contributed by atoms with Gasteiger partial charge < -0.3 is 15.0 Å². The fourth-order valence-electron chi connectivity index (χ4n) is 3.73. The number of hydrogen-bond donors (Lipinski definition) is 2. The van der Waals surface area contributed by atoms with Gasteiger partial charge in [-0.15, -0.1) is 0 Å². The summed E-state index contributed by atoms with van der Waals surface area (Å²) in [4.78, 5) is 14.0. The fraction of sp³-hybridized carbons (Fsp3) is 0.409. The number of hydrogen-bond acceptors (Lipinski definition) is 2. The first-order valence-corrected chi connectivity index (χ1v) is 9.42. The molecule has 4 heteroatoms. The Bertz CT molecular complexity index is 759. The van der Waals surface area contributed by atoms with Crippen LogP contribution >= 0.6 is 0 Å². The van der Waals surface area contributed by atoms with E-state index < -0.39 is 0 Å². The Balaban J connectivity index is 1.65. The summed E-state index contributed by atoms with van der Waals surface area (Å²) in [6.07, 6.45) is 3.25. The molecule has 0 heterocycles. The van der Waals surface area contributed by atoms with Gasteiger partial charge in [-0.2, -0.15) is 0 Å². The third-order valence-electron chi connectivity index (χ3n) is 5.48. The summed E-state index contributed by atoms with van der Waals surface area (Å²) in [5, 5.41) is 3.28. The molecule has 0 bridgehead atoms. The molecule has 26 heavy (non-hydrogen) atoms. The molecule has 0 saturated carbocycles. The van der Waals surface area contributed by atoms with E-state index in [2.05, 4.69) is 42.7 Å². The van der Waals surface area contributed by atoms with Crippen molar-refractivity contribution in [3.05, 3.63) is 65.2 Å². The van der Waals surface area contributed by atoms with Gasteiger partial charge in [-0.05, 0) is 49.4 Å². The molecule has 2 aromatic rings. The Labute approximate surface area is 156 Å².